The van der Waals surface area contributed by atoms with Crippen molar-refractivity contribution >= 4 is 5.91 Å². The number of aryl methyl sites for hydroxylation is 1. The van der Waals surface area contributed by atoms with Gasteiger partial charge in [0, 0.05) is 19.2 Å². The van der Waals surface area contributed by atoms with E-state index >= 15 is 0 Å². The normalized spacial score (nSPS) is 14.0. The first-order valence-corrected chi connectivity index (χ1v) is 6.67. The fourth-order valence-corrected chi connectivity index (χ4v) is 2.30. The lowest BCUT2D eigenvalue weighted by Crippen LogP contribution is -2.25. The highest BCUT2D eigenvalue weighted by molar-refractivity contribution is 5.93. The molecule has 0 bridgehead atoms. The van der Waals surface area contributed by atoms with Crippen LogP contribution in [0.4, 0.5) is 13.2 Å². The molecule has 1 aliphatic rings. The van der Waals surface area contributed by atoms with Crippen LogP contribution in [-0.4, -0.2) is 25.7 Å². The summed E-state index contributed by atoms with van der Waals surface area (Å²) in [5.41, 5.74) is -0.964. The Hall–Kier alpha value is -2.45. The zero-order valence-corrected chi connectivity index (χ0v) is 11.4. The third kappa shape index (κ3) is 2.78. The standard InChI is InChI=1S/C13H12F3N5O/c14-13(15,16)9-4-3-8(6-17-9)12(22)18-7-11-20-19-10-2-1-5-21(10)11/h3-4,6H,1-2,5,7H2,(H,18,22). The molecule has 0 aliphatic carbocycles. The minimum Gasteiger partial charge on any atom is -0.345 e. The molecular formula is C13H12F3N5O. The molecule has 0 saturated carbocycles. The van der Waals surface area contributed by atoms with Crippen molar-refractivity contribution in [3.63, 3.8) is 0 Å². The molecule has 1 aliphatic heterocycles. The first-order chi connectivity index (χ1) is 10.4. The third-order valence-corrected chi connectivity index (χ3v) is 3.41. The molecule has 3 rings (SSSR count). The Morgan fingerprint density at radius 3 is 2.82 bits per heavy atom. The first-order valence-electron chi connectivity index (χ1n) is 6.67. The van der Waals surface area contributed by atoms with Gasteiger partial charge in [0.1, 0.15) is 11.5 Å². The van der Waals surface area contributed by atoms with Gasteiger partial charge in [-0.05, 0) is 18.6 Å². The largest absolute Gasteiger partial charge is 0.433 e. The van der Waals surface area contributed by atoms with Crippen LogP contribution < -0.4 is 5.32 Å². The summed E-state index contributed by atoms with van der Waals surface area (Å²) < 4.78 is 39.1. The highest BCUT2D eigenvalue weighted by Crippen LogP contribution is 2.27. The molecule has 2 aromatic heterocycles. The molecule has 116 valence electrons. The predicted molar refractivity (Wildman–Crippen MR) is 68.8 cm³/mol. The molecule has 0 aromatic carbocycles. The van der Waals surface area contributed by atoms with Gasteiger partial charge in [0.05, 0.1) is 12.1 Å². The molecule has 0 spiro atoms. The van der Waals surface area contributed by atoms with Crippen LogP contribution in [0.25, 0.3) is 0 Å². The summed E-state index contributed by atoms with van der Waals surface area (Å²) in [6.07, 6.45) is -1.75. The van der Waals surface area contributed by atoms with E-state index in [-0.39, 0.29) is 12.1 Å². The van der Waals surface area contributed by atoms with Crippen LogP contribution in [-0.2, 0) is 25.7 Å². The van der Waals surface area contributed by atoms with Gasteiger partial charge in [-0.2, -0.15) is 13.2 Å². The second-order valence-electron chi connectivity index (χ2n) is 4.90. The molecular weight excluding hydrogens is 299 g/mol. The molecule has 0 radical (unpaired) electrons. The van der Waals surface area contributed by atoms with E-state index in [0.717, 1.165) is 43.5 Å². The summed E-state index contributed by atoms with van der Waals surface area (Å²) in [6, 6.07) is 1.88. The van der Waals surface area contributed by atoms with E-state index < -0.39 is 17.8 Å². The number of nitrogens with one attached hydrogen (secondary N) is 1. The number of fused-ring (bicyclic) bond motifs is 1. The average Bonchev–Trinajstić information content (AvgIpc) is 3.07. The Balaban J connectivity index is 1.64. The Kier molecular flexibility index (Phi) is 3.55. The Morgan fingerprint density at radius 1 is 1.32 bits per heavy atom. The van der Waals surface area contributed by atoms with Gasteiger partial charge < -0.3 is 9.88 Å². The van der Waals surface area contributed by atoms with Crippen molar-refractivity contribution in [3.05, 3.63) is 41.2 Å². The van der Waals surface area contributed by atoms with E-state index in [9.17, 15) is 18.0 Å². The van der Waals surface area contributed by atoms with Crippen LogP contribution in [0.3, 0.4) is 0 Å². The molecule has 0 fully saturated rings. The number of amides is 1. The second-order valence-corrected chi connectivity index (χ2v) is 4.90. The number of hydrogen-bond donors (Lipinski definition) is 1. The lowest BCUT2D eigenvalue weighted by Gasteiger charge is -2.07. The second kappa shape index (κ2) is 5.39. The van der Waals surface area contributed by atoms with Crippen LogP contribution in [0.15, 0.2) is 18.3 Å². The summed E-state index contributed by atoms with van der Waals surface area (Å²) in [6.45, 7) is 0.988. The van der Waals surface area contributed by atoms with Crippen molar-refractivity contribution in [2.75, 3.05) is 0 Å². The fourth-order valence-electron chi connectivity index (χ4n) is 2.30. The Morgan fingerprint density at radius 2 is 2.14 bits per heavy atom. The molecule has 2 aromatic rings. The molecule has 6 nitrogen and oxygen atoms in total. The summed E-state index contributed by atoms with van der Waals surface area (Å²) >= 11 is 0. The molecule has 0 saturated heterocycles. The number of aromatic nitrogens is 4. The van der Waals surface area contributed by atoms with E-state index in [0.29, 0.717) is 5.82 Å². The number of rotatable bonds is 3. The van der Waals surface area contributed by atoms with Gasteiger partial charge in [0.25, 0.3) is 5.91 Å². The maximum absolute atomic E-state index is 12.4. The van der Waals surface area contributed by atoms with E-state index in [1.165, 1.54) is 0 Å². The highest BCUT2D eigenvalue weighted by Gasteiger charge is 2.32. The Bertz CT molecular complexity index is 693. The minimum atomic E-state index is -4.52. The Labute approximate surface area is 123 Å². The third-order valence-electron chi connectivity index (χ3n) is 3.41. The number of carbonyl (C=O) groups is 1. The SMILES string of the molecule is O=C(NCc1nnc2n1CCC2)c1ccc(C(F)(F)F)nc1. The van der Waals surface area contributed by atoms with Crippen molar-refractivity contribution in [2.45, 2.75) is 32.1 Å². The number of halogens is 3. The van der Waals surface area contributed by atoms with Gasteiger partial charge >= 0.3 is 6.18 Å². The zero-order chi connectivity index (χ0) is 15.7. The number of alkyl halides is 3. The van der Waals surface area contributed by atoms with Crippen molar-refractivity contribution in [2.24, 2.45) is 0 Å². The van der Waals surface area contributed by atoms with Gasteiger partial charge in [-0.1, -0.05) is 0 Å². The highest BCUT2D eigenvalue weighted by atomic mass is 19.4. The maximum Gasteiger partial charge on any atom is 0.433 e. The van der Waals surface area contributed by atoms with Crippen molar-refractivity contribution in [3.8, 4) is 0 Å². The van der Waals surface area contributed by atoms with Crippen LogP contribution in [0, 0.1) is 0 Å². The topological polar surface area (TPSA) is 72.7 Å². The monoisotopic (exact) mass is 311 g/mol. The van der Waals surface area contributed by atoms with Gasteiger partial charge in [-0.3, -0.25) is 9.78 Å². The smallest absolute Gasteiger partial charge is 0.345 e. The predicted octanol–water partition coefficient (Wildman–Crippen LogP) is 1.57. The maximum atomic E-state index is 12.4. The molecule has 0 atom stereocenters. The zero-order valence-electron chi connectivity index (χ0n) is 11.4. The van der Waals surface area contributed by atoms with Gasteiger partial charge in [0.2, 0.25) is 0 Å². The lowest BCUT2D eigenvalue weighted by atomic mass is 10.2. The summed E-state index contributed by atoms with van der Waals surface area (Å²) in [5, 5.41) is 10.6. The van der Waals surface area contributed by atoms with E-state index in [1.54, 1.807) is 0 Å². The number of carbonyl (C=O) groups excluding carboxylic acids is 1. The van der Waals surface area contributed by atoms with Crippen LogP contribution in [0.5, 0.6) is 0 Å². The van der Waals surface area contributed by atoms with Crippen molar-refractivity contribution in [1.82, 2.24) is 25.1 Å². The molecule has 3 heterocycles. The summed E-state index contributed by atoms with van der Waals surface area (Å²) in [7, 11) is 0. The number of hydrogen-bond acceptors (Lipinski definition) is 4. The van der Waals surface area contributed by atoms with E-state index in [1.807, 2.05) is 4.57 Å². The fraction of sp³-hybridized carbons (Fsp3) is 0.385. The van der Waals surface area contributed by atoms with E-state index in [2.05, 4.69) is 20.5 Å². The van der Waals surface area contributed by atoms with Gasteiger partial charge in [0.15, 0.2) is 5.82 Å². The van der Waals surface area contributed by atoms with Gasteiger partial charge in [-0.25, -0.2) is 0 Å². The molecule has 1 amide bonds. The average molecular weight is 311 g/mol. The molecule has 0 unspecified atom stereocenters. The number of pyridine rings is 1. The lowest BCUT2D eigenvalue weighted by molar-refractivity contribution is -0.141. The van der Waals surface area contributed by atoms with Crippen LogP contribution >= 0.6 is 0 Å². The van der Waals surface area contributed by atoms with Crippen LogP contribution in [0.1, 0.15) is 34.1 Å². The quantitative estimate of drug-likeness (QED) is 0.934. The van der Waals surface area contributed by atoms with E-state index in [4.69, 9.17) is 0 Å². The number of nitrogens with zero attached hydrogens (tertiary/aromatic N) is 4. The van der Waals surface area contributed by atoms with Gasteiger partial charge in [-0.15, -0.1) is 10.2 Å². The summed E-state index contributed by atoms with van der Waals surface area (Å²) in [5.74, 6) is 1.03. The molecule has 1 N–H and O–H groups in total. The minimum absolute atomic E-state index is 0.0640. The van der Waals surface area contributed by atoms with Crippen LogP contribution in [0.2, 0.25) is 0 Å². The first kappa shape index (κ1) is 14.5. The van der Waals surface area contributed by atoms with Crippen molar-refractivity contribution < 1.29 is 18.0 Å². The summed E-state index contributed by atoms with van der Waals surface area (Å²) in [4.78, 5) is 15.2. The van der Waals surface area contributed by atoms with Crippen molar-refractivity contribution in [1.29, 1.82) is 0 Å². The molecule has 22 heavy (non-hydrogen) atoms. The molecule has 9 heteroatoms.